The molecule has 0 radical (unpaired) electrons. The lowest BCUT2D eigenvalue weighted by molar-refractivity contribution is 0.241. The molecule has 1 rings (SSSR count). The Balaban J connectivity index is 2.30. The van der Waals surface area contributed by atoms with Gasteiger partial charge in [-0.2, -0.15) is 5.10 Å². The molecule has 0 aromatic carbocycles. The summed E-state index contributed by atoms with van der Waals surface area (Å²) in [5.74, 6) is 0. The van der Waals surface area contributed by atoms with Crippen molar-refractivity contribution < 1.29 is 4.79 Å². The normalized spacial score (nSPS) is 9.69. The van der Waals surface area contributed by atoms with Crippen molar-refractivity contribution in [1.82, 2.24) is 20.4 Å². The third kappa shape index (κ3) is 3.14. The first-order valence-electron chi connectivity index (χ1n) is 4.22. The van der Waals surface area contributed by atoms with Crippen molar-refractivity contribution in [2.24, 2.45) is 7.05 Å². The average molecular weight is 182 g/mol. The summed E-state index contributed by atoms with van der Waals surface area (Å²) in [5, 5.41) is 9.44. The Morgan fingerprint density at radius 3 is 2.92 bits per heavy atom. The molecule has 2 N–H and O–H groups in total. The fourth-order valence-electron chi connectivity index (χ4n) is 0.951. The predicted molar refractivity (Wildman–Crippen MR) is 49.1 cm³/mol. The number of rotatable bonds is 3. The molecule has 5 nitrogen and oxygen atoms in total. The van der Waals surface area contributed by atoms with Gasteiger partial charge in [-0.25, -0.2) is 4.79 Å². The third-order valence-corrected chi connectivity index (χ3v) is 1.54. The molecule has 2 amide bonds. The molecule has 0 fully saturated rings. The van der Waals surface area contributed by atoms with Crippen LogP contribution >= 0.6 is 0 Å². The van der Waals surface area contributed by atoms with Crippen LogP contribution in [0.25, 0.3) is 0 Å². The van der Waals surface area contributed by atoms with Crippen molar-refractivity contribution in [3.05, 3.63) is 18.0 Å². The highest BCUT2D eigenvalue weighted by Gasteiger charge is 1.99. The minimum Gasteiger partial charge on any atom is -0.338 e. The van der Waals surface area contributed by atoms with Gasteiger partial charge in [0.15, 0.2) is 0 Å². The summed E-state index contributed by atoms with van der Waals surface area (Å²) in [6, 6.07) is 1.71. The maximum Gasteiger partial charge on any atom is 0.315 e. The topological polar surface area (TPSA) is 59.0 Å². The van der Waals surface area contributed by atoms with E-state index in [-0.39, 0.29) is 6.03 Å². The summed E-state index contributed by atoms with van der Waals surface area (Å²) in [6.45, 7) is 2.97. The molecule has 0 unspecified atom stereocenters. The second kappa shape index (κ2) is 4.49. The molecule has 1 aromatic rings. The van der Waals surface area contributed by atoms with Crippen LogP contribution in [0, 0.1) is 0 Å². The van der Waals surface area contributed by atoms with E-state index in [0.717, 1.165) is 5.69 Å². The number of urea groups is 1. The molecule has 0 aliphatic heterocycles. The van der Waals surface area contributed by atoms with E-state index < -0.39 is 0 Å². The predicted octanol–water partition coefficient (Wildman–Crippen LogP) is 0.239. The SMILES string of the molecule is CCNC(=O)NCc1ccn(C)n1. The van der Waals surface area contributed by atoms with E-state index in [1.807, 2.05) is 26.2 Å². The van der Waals surface area contributed by atoms with Crippen LogP contribution in [0.3, 0.4) is 0 Å². The molecule has 13 heavy (non-hydrogen) atoms. The summed E-state index contributed by atoms with van der Waals surface area (Å²) in [5.41, 5.74) is 0.855. The zero-order valence-electron chi connectivity index (χ0n) is 7.87. The summed E-state index contributed by atoms with van der Waals surface area (Å²) < 4.78 is 1.70. The Morgan fingerprint density at radius 1 is 1.62 bits per heavy atom. The van der Waals surface area contributed by atoms with Gasteiger partial charge in [0.1, 0.15) is 0 Å². The summed E-state index contributed by atoms with van der Waals surface area (Å²) in [4.78, 5) is 11.0. The molecule has 0 saturated carbocycles. The number of amides is 2. The van der Waals surface area contributed by atoms with Gasteiger partial charge in [0, 0.05) is 19.8 Å². The fraction of sp³-hybridized carbons (Fsp3) is 0.500. The highest BCUT2D eigenvalue weighted by atomic mass is 16.2. The number of aromatic nitrogens is 2. The van der Waals surface area contributed by atoms with Crippen molar-refractivity contribution in [2.75, 3.05) is 6.54 Å². The summed E-state index contributed by atoms with van der Waals surface area (Å²) in [7, 11) is 1.84. The standard InChI is InChI=1S/C8H14N4O/c1-3-9-8(13)10-6-7-4-5-12(2)11-7/h4-5H,3,6H2,1-2H3,(H2,9,10,13). The monoisotopic (exact) mass is 182 g/mol. The minimum atomic E-state index is -0.159. The fourth-order valence-corrected chi connectivity index (χ4v) is 0.951. The molecule has 72 valence electrons. The molecule has 0 aliphatic rings. The largest absolute Gasteiger partial charge is 0.338 e. The molecular formula is C8H14N4O. The number of carbonyl (C=O) groups excluding carboxylic acids is 1. The zero-order chi connectivity index (χ0) is 9.68. The Hall–Kier alpha value is -1.52. The van der Waals surface area contributed by atoms with Gasteiger partial charge in [0.2, 0.25) is 0 Å². The summed E-state index contributed by atoms with van der Waals surface area (Å²) in [6.07, 6.45) is 1.84. The Labute approximate surface area is 77.1 Å². The van der Waals surface area contributed by atoms with Gasteiger partial charge in [-0.05, 0) is 13.0 Å². The van der Waals surface area contributed by atoms with Crippen LogP contribution in [0.2, 0.25) is 0 Å². The van der Waals surface area contributed by atoms with E-state index in [4.69, 9.17) is 0 Å². The van der Waals surface area contributed by atoms with Gasteiger partial charge in [0.05, 0.1) is 12.2 Å². The van der Waals surface area contributed by atoms with E-state index in [1.165, 1.54) is 0 Å². The second-order valence-corrected chi connectivity index (χ2v) is 2.69. The highest BCUT2D eigenvalue weighted by Crippen LogP contribution is 1.92. The zero-order valence-corrected chi connectivity index (χ0v) is 7.87. The van der Waals surface area contributed by atoms with Crippen LogP contribution in [0.5, 0.6) is 0 Å². The Morgan fingerprint density at radius 2 is 2.38 bits per heavy atom. The van der Waals surface area contributed by atoms with Crippen LogP contribution < -0.4 is 10.6 Å². The van der Waals surface area contributed by atoms with Crippen LogP contribution in [-0.2, 0) is 13.6 Å². The first-order valence-corrected chi connectivity index (χ1v) is 4.22. The molecule has 0 bridgehead atoms. The van der Waals surface area contributed by atoms with Crippen LogP contribution in [0.15, 0.2) is 12.3 Å². The molecule has 1 heterocycles. The van der Waals surface area contributed by atoms with Crippen LogP contribution in [-0.4, -0.2) is 22.4 Å². The molecule has 0 atom stereocenters. The first-order chi connectivity index (χ1) is 6.22. The molecule has 0 spiro atoms. The minimum absolute atomic E-state index is 0.159. The van der Waals surface area contributed by atoms with Gasteiger partial charge in [-0.1, -0.05) is 0 Å². The maximum atomic E-state index is 11.0. The van der Waals surface area contributed by atoms with Gasteiger partial charge in [-0.15, -0.1) is 0 Å². The second-order valence-electron chi connectivity index (χ2n) is 2.69. The van der Waals surface area contributed by atoms with Gasteiger partial charge in [0.25, 0.3) is 0 Å². The molecule has 5 heteroatoms. The Bertz CT molecular complexity index is 281. The van der Waals surface area contributed by atoms with Crippen LogP contribution in [0.1, 0.15) is 12.6 Å². The van der Waals surface area contributed by atoms with Crippen molar-refractivity contribution in [3.63, 3.8) is 0 Å². The number of carbonyl (C=O) groups is 1. The van der Waals surface area contributed by atoms with Crippen molar-refractivity contribution in [2.45, 2.75) is 13.5 Å². The number of nitrogens with one attached hydrogen (secondary N) is 2. The lowest BCUT2D eigenvalue weighted by Gasteiger charge is -2.02. The van der Waals surface area contributed by atoms with Gasteiger partial charge >= 0.3 is 6.03 Å². The average Bonchev–Trinajstić information content (AvgIpc) is 2.49. The van der Waals surface area contributed by atoms with E-state index in [2.05, 4.69) is 15.7 Å². The van der Waals surface area contributed by atoms with E-state index in [9.17, 15) is 4.79 Å². The highest BCUT2D eigenvalue weighted by molar-refractivity contribution is 5.73. The molecule has 1 aromatic heterocycles. The van der Waals surface area contributed by atoms with Crippen molar-refractivity contribution in [1.29, 1.82) is 0 Å². The molecule has 0 aliphatic carbocycles. The lowest BCUT2D eigenvalue weighted by Crippen LogP contribution is -2.34. The van der Waals surface area contributed by atoms with Gasteiger partial charge < -0.3 is 10.6 Å². The number of hydrogen-bond donors (Lipinski definition) is 2. The summed E-state index contributed by atoms with van der Waals surface area (Å²) >= 11 is 0. The van der Waals surface area contributed by atoms with E-state index in [1.54, 1.807) is 4.68 Å². The maximum absolute atomic E-state index is 11.0. The number of aryl methyl sites for hydroxylation is 1. The lowest BCUT2D eigenvalue weighted by atomic mass is 10.4. The van der Waals surface area contributed by atoms with E-state index in [0.29, 0.717) is 13.1 Å². The third-order valence-electron chi connectivity index (χ3n) is 1.54. The number of nitrogens with zero attached hydrogens (tertiary/aromatic N) is 2. The first kappa shape index (κ1) is 9.57. The van der Waals surface area contributed by atoms with Crippen LogP contribution in [0.4, 0.5) is 4.79 Å². The smallest absolute Gasteiger partial charge is 0.315 e. The molecular weight excluding hydrogens is 168 g/mol. The quantitative estimate of drug-likeness (QED) is 0.703. The van der Waals surface area contributed by atoms with Crippen molar-refractivity contribution >= 4 is 6.03 Å². The van der Waals surface area contributed by atoms with E-state index >= 15 is 0 Å². The Kier molecular flexibility index (Phi) is 3.31. The van der Waals surface area contributed by atoms with Gasteiger partial charge in [-0.3, -0.25) is 4.68 Å². The molecule has 0 saturated heterocycles. The number of hydrogen-bond acceptors (Lipinski definition) is 2. The van der Waals surface area contributed by atoms with Crippen molar-refractivity contribution in [3.8, 4) is 0 Å².